The number of aliphatic carboxylic acids is 1. The SMILES string of the molecule is CON=C1C[C@@H](C(=O)NC(Cc2ccccc2)C(=O)O)N(C(=O)c2ccc(-c3ccccc3C)cc2)C1. The minimum absolute atomic E-state index is 0.112. The molecule has 1 heterocycles. The van der Waals surface area contributed by atoms with E-state index >= 15 is 0 Å². The maximum absolute atomic E-state index is 13.5. The first kappa shape index (κ1) is 25.6. The maximum Gasteiger partial charge on any atom is 0.326 e. The molecule has 0 saturated carbocycles. The minimum atomic E-state index is -1.15. The average Bonchev–Trinajstić information content (AvgIpc) is 3.33. The Morgan fingerprint density at radius 3 is 2.35 bits per heavy atom. The molecule has 0 bridgehead atoms. The molecule has 1 aliphatic rings. The summed E-state index contributed by atoms with van der Waals surface area (Å²) in [5, 5.41) is 16.3. The molecule has 3 aromatic carbocycles. The van der Waals surface area contributed by atoms with Crippen LogP contribution in [0.2, 0.25) is 0 Å². The molecule has 190 valence electrons. The molecule has 8 nitrogen and oxygen atoms in total. The van der Waals surface area contributed by atoms with E-state index in [1.54, 1.807) is 24.3 Å². The average molecular weight is 500 g/mol. The Balaban J connectivity index is 1.54. The number of aryl methyl sites for hydroxylation is 1. The standard InChI is InChI=1S/C29H29N3O5/c1-19-8-6-7-11-24(19)21-12-14-22(15-13-21)28(34)32-18-23(31-37-2)17-26(32)27(33)30-25(29(35)36)16-20-9-4-3-5-10-20/h3-15,25-26H,16-18H2,1-2H3,(H,30,33)(H,35,36)/t25?,26-/m0/s1. The van der Waals surface area contributed by atoms with Gasteiger partial charge in [-0.3, -0.25) is 9.59 Å². The van der Waals surface area contributed by atoms with Crippen molar-refractivity contribution in [2.75, 3.05) is 13.7 Å². The molecule has 2 N–H and O–H groups in total. The Morgan fingerprint density at radius 1 is 1.03 bits per heavy atom. The van der Waals surface area contributed by atoms with Gasteiger partial charge in [0.25, 0.3) is 5.91 Å². The predicted molar refractivity (Wildman–Crippen MR) is 140 cm³/mol. The topological polar surface area (TPSA) is 108 Å². The molecule has 0 radical (unpaired) electrons. The number of nitrogens with zero attached hydrogens (tertiary/aromatic N) is 2. The van der Waals surface area contributed by atoms with Crippen LogP contribution in [0.15, 0.2) is 84.0 Å². The van der Waals surface area contributed by atoms with Crippen LogP contribution in [0.1, 0.15) is 27.9 Å². The second-order valence-corrected chi connectivity index (χ2v) is 8.97. The minimum Gasteiger partial charge on any atom is -0.480 e. The fourth-order valence-corrected chi connectivity index (χ4v) is 4.52. The quantitative estimate of drug-likeness (QED) is 0.460. The van der Waals surface area contributed by atoms with Gasteiger partial charge < -0.3 is 20.2 Å². The van der Waals surface area contributed by atoms with Crippen LogP contribution in [0, 0.1) is 6.92 Å². The number of carboxylic acids is 1. The monoisotopic (exact) mass is 499 g/mol. The molecule has 1 unspecified atom stereocenters. The molecule has 0 aliphatic carbocycles. The van der Waals surface area contributed by atoms with Crippen LogP contribution < -0.4 is 5.32 Å². The number of carbonyl (C=O) groups excluding carboxylic acids is 2. The Hall–Kier alpha value is -4.46. The van der Waals surface area contributed by atoms with Crippen molar-refractivity contribution >= 4 is 23.5 Å². The Morgan fingerprint density at radius 2 is 1.70 bits per heavy atom. The zero-order chi connectivity index (χ0) is 26.4. The highest BCUT2D eigenvalue weighted by Gasteiger charge is 2.39. The molecule has 2 amide bonds. The molecule has 2 atom stereocenters. The fraction of sp³-hybridized carbons (Fsp3) is 0.241. The Labute approximate surface area is 215 Å². The number of nitrogens with one attached hydrogen (secondary N) is 1. The van der Waals surface area contributed by atoms with E-state index in [-0.39, 0.29) is 25.3 Å². The molecule has 37 heavy (non-hydrogen) atoms. The van der Waals surface area contributed by atoms with Crippen molar-refractivity contribution in [1.82, 2.24) is 10.2 Å². The number of carbonyl (C=O) groups is 3. The molecule has 1 aliphatic heterocycles. The summed E-state index contributed by atoms with van der Waals surface area (Å²) >= 11 is 0. The third kappa shape index (κ3) is 6.03. The van der Waals surface area contributed by atoms with E-state index in [1.807, 2.05) is 61.5 Å². The molecular formula is C29H29N3O5. The molecule has 0 spiro atoms. The predicted octanol–water partition coefficient (Wildman–Crippen LogP) is 3.69. The highest BCUT2D eigenvalue weighted by Crippen LogP contribution is 2.25. The summed E-state index contributed by atoms with van der Waals surface area (Å²) in [7, 11) is 1.40. The van der Waals surface area contributed by atoms with E-state index in [0.717, 1.165) is 22.3 Å². The van der Waals surface area contributed by atoms with Gasteiger partial charge in [0.2, 0.25) is 5.91 Å². The van der Waals surface area contributed by atoms with Gasteiger partial charge in [0, 0.05) is 18.4 Å². The highest BCUT2D eigenvalue weighted by atomic mass is 16.6. The van der Waals surface area contributed by atoms with Crippen molar-refractivity contribution in [1.29, 1.82) is 0 Å². The first-order chi connectivity index (χ1) is 17.9. The smallest absolute Gasteiger partial charge is 0.326 e. The maximum atomic E-state index is 13.5. The molecule has 3 aromatic rings. The summed E-state index contributed by atoms with van der Waals surface area (Å²) in [4.78, 5) is 44.9. The molecule has 0 aromatic heterocycles. The lowest BCUT2D eigenvalue weighted by molar-refractivity contribution is -0.142. The van der Waals surface area contributed by atoms with E-state index in [1.165, 1.54) is 12.0 Å². The van der Waals surface area contributed by atoms with Gasteiger partial charge in [0.1, 0.15) is 19.2 Å². The zero-order valence-corrected chi connectivity index (χ0v) is 20.8. The van der Waals surface area contributed by atoms with Gasteiger partial charge >= 0.3 is 5.97 Å². The second-order valence-electron chi connectivity index (χ2n) is 8.97. The van der Waals surface area contributed by atoms with Crippen LogP contribution in [-0.4, -0.2) is 59.2 Å². The van der Waals surface area contributed by atoms with Crippen molar-refractivity contribution < 1.29 is 24.3 Å². The summed E-state index contributed by atoms with van der Waals surface area (Å²) < 4.78 is 0. The van der Waals surface area contributed by atoms with Crippen LogP contribution in [0.25, 0.3) is 11.1 Å². The van der Waals surface area contributed by atoms with Crippen LogP contribution in [0.4, 0.5) is 0 Å². The number of hydrogen-bond donors (Lipinski definition) is 2. The highest BCUT2D eigenvalue weighted by molar-refractivity contribution is 6.05. The summed E-state index contributed by atoms with van der Waals surface area (Å²) in [6, 6.07) is 22.2. The van der Waals surface area contributed by atoms with E-state index in [0.29, 0.717) is 11.3 Å². The van der Waals surface area contributed by atoms with Gasteiger partial charge in [-0.1, -0.05) is 71.9 Å². The number of amides is 2. The van der Waals surface area contributed by atoms with E-state index in [4.69, 9.17) is 4.84 Å². The zero-order valence-electron chi connectivity index (χ0n) is 20.8. The van der Waals surface area contributed by atoms with Gasteiger partial charge in [-0.15, -0.1) is 0 Å². The van der Waals surface area contributed by atoms with Crippen LogP contribution in [0.3, 0.4) is 0 Å². The van der Waals surface area contributed by atoms with Gasteiger partial charge in [0.15, 0.2) is 0 Å². The number of likely N-dealkylation sites (tertiary alicyclic amines) is 1. The van der Waals surface area contributed by atoms with E-state index in [9.17, 15) is 19.5 Å². The van der Waals surface area contributed by atoms with E-state index in [2.05, 4.69) is 10.5 Å². The van der Waals surface area contributed by atoms with Crippen molar-refractivity contribution in [3.05, 3.63) is 95.6 Å². The molecular weight excluding hydrogens is 470 g/mol. The third-order valence-electron chi connectivity index (χ3n) is 6.43. The normalized spacial score (nSPS) is 16.9. The number of hydrogen-bond acceptors (Lipinski definition) is 5. The van der Waals surface area contributed by atoms with Crippen LogP contribution in [0.5, 0.6) is 0 Å². The Kier molecular flexibility index (Phi) is 7.98. The Bertz CT molecular complexity index is 1300. The van der Waals surface area contributed by atoms with Gasteiger partial charge in [-0.25, -0.2) is 4.79 Å². The van der Waals surface area contributed by atoms with Gasteiger partial charge in [0.05, 0.1) is 12.3 Å². The van der Waals surface area contributed by atoms with Crippen LogP contribution >= 0.6 is 0 Å². The number of oxime groups is 1. The summed E-state index contributed by atoms with van der Waals surface area (Å²) in [5.41, 5.74) is 4.92. The lowest BCUT2D eigenvalue weighted by atomic mass is 9.99. The number of carboxylic acid groups (broad SMARTS) is 1. The summed E-state index contributed by atoms with van der Waals surface area (Å²) in [6.07, 6.45) is 0.284. The largest absolute Gasteiger partial charge is 0.480 e. The van der Waals surface area contributed by atoms with Crippen molar-refractivity contribution in [3.8, 4) is 11.1 Å². The van der Waals surface area contributed by atoms with Crippen molar-refractivity contribution in [2.24, 2.45) is 5.16 Å². The number of benzene rings is 3. The summed E-state index contributed by atoms with van der Waals surface area (Å²) in [5.74, 6) is -2.03. The third-order valence-corrected chi connectivity index (χ3v) is 6.43. The molecule has 1 fully saturated rings. The lowest BCUT2D eigenvalue weighted by Crippen LogP contribution is -2.51. The van der Waals surface area contributed by atoms with Crippen molar-refractivity contribution in [2.45, 2.75) is 31.8 Å². The van der Waals surface area contributed by atoms with Crippen molar-refractivity contribution in [3.63, 3.8) is 0 Å². The van der Waals surface area contributed by atoms with E-state index < -0.39 is 24.0 Å². The molecule has 1 saturated heterocycles. The fourth-order valence-electron chi connectivity index (χ4n) is 4.52. The first-order valence-electron chi connectivity index (χ1n) is 12.0. The van der Waals surface area contributed by atoms with Gasteiger partial charge in [-0.05, 0) is 41.3 Å². The first-order valence-corrected chi connectivity index (χ1v) is 12.0. The second kappa shape index (κ2) is 11.5. The molecule has 8 heteroatoms. The van der Waals surface area contributed by atoms with Gasteiger partial charge in [-0.2, -0.15) is 0 Å². The lowest BCUT2D eigenvalue weighted by Gasteiger charge is -2.25. The summed E-state index contributed by atoms with van der Waals surface area (Å²) in [6.45, 7) is 2.14. The van der Waals surface area contributed by atoms with Crippen LogP contribution in [-0.2, 0) is 20.8 Å². The number of rotatable bonds is 8. The molecule has 4 rings (SSSR count).